The second-order valence-electron chi connectivity index (χ2n) is 9.44. The molecule has 2 N–H and O–H groups in total. The largest absolute Gasteiger partial charge is 0.463 e. The molecule has 0 saturated heterocycles. The van der Waals surface area contributed by atoms with Crippen molar-refractivity contribution in [2.45, 2.75) is 52.6 Å². The highest BCUT2D eigenvalue weighted by molar-refractivity contribution is 5.93. The maximum atomic E-state index is 12.9. The smallest absolute Gasteiger partial charge is 0.338 e. The van der Waals surface area contributed by atoms with Gasteiger partial charge in [-0.3, -0.25) is 0 Å². The number of hydrogen-bond acceptors (Lipinski definition) is 6. The van der Waals surface area contributed by atoms with Gasteiger partial charge in [-0.05, 0) is 63.5 Å². The molecule has 1 atom stereocenters. The predicted molar refractivity (Wildman–Crippen MR) is 137 cm³/mol. The second-order valence-corrected chi connectivity index (χ2v) is 9.44. The molecular weight excluding hydrogens is 438 g/mol. The average molecular weight is 470 g/mol. The molecule has 0 radical (unpaired) electrons. The van der Waals surface area contributed by atoms with Gasteiger partial charge in [0.2, 0.25) is 5.88 Å². The zero-order chi connectivity index (χ0) is 25.3. The van der Waals surface area contributed by atoms with Gasteiger partial charge in [-0.25, -0.2) is 4.79 Å². The van der Waals surface area contributed by atoms with E-state index in [1.54, 1.807) is 13.8 Å². The number of anilines is 1. The van der Waals surface area contributed by atoms with Crippen LogP contribution in [0, 0.1) is 11.3 Å². The second kappa shape index (κ2) is 9.34. The normalized spacial score (nSPS) is 18.9. The summed E-state index contributed by atoms with van der Waals surface area (Å²) < 4.78 is 10.9. The Bertz CT molecular complexity index is 1300. The molecule has 2 heterocycles. The van der Waals surface area contributed by atoms with Crippen LogP contribution in [0.1, 0.15) is 57.2 Å². The Kier molecular flexibility index (Phi) is 6.45. The van der Waals surface area contributed by atoms with Gasteiger partial charge in [0.25, 0.3) is 0 Å². The Hall–Kier alpha value is -3.98. The fourth-order valence-corrected chi connectivity index (χ4v) is 5.02. The maximum Gasteiger partial charge on any atom is 0.338 e. The van der Waals surface area contributed by atoms with Crippen molar-refractivity contribution < 1.29 is 14.3 Å². The topological polar surface area (TPSA) is 88.6 Å². The monoisotopic (exact) mass is 469 g/mol. The number of esters is 1. The average Bonchev–Trinajstić information content (AvgIpc) is 2.81. The van der Waals surface area contributed by atoms with E-state index in [4.69, 9.17) is 15.2 Å². The minimum Gasteiger partial charge on any atom is -0.463 e. The molecule has 0 saturated carbocycles. The Labute approximate surface area is 206 Å². The lowest BCUT2D eigenvalue weighted by atomic mass is 9.80. The van der Waals surface area contributed by atoms with Crippen molar-refractivity contribution in [3.63, 3.8) is 0 Å². The third-order valence-electron chi connectivity index (χ3n) is 6.62. The molecule has 6 nitrogen and oxygen atoms in total. The SMILES string of the molecule is CCOC(=O)C1=C(C)OC(N)=C(C#N)C1c1ccc2c(c1)C(C)=CC(C)(C)N2Cc1ccccc1. The molecule has 1 unspecified atom stereocenters. The van der Waals surface area contributed by atoms with Gasteiger partial charge in [-0.15, -0.1) is 0 Å². The fraction of sp³-hybridized carbons (Fsp3) is 0.310. The van der Waals surface area contributed by atoms with Gasteiger partial charge in [-0.1, -0.05) is 42.5 Å². The number of hydrogen-bond donors (Lipinski definition) is 1. The summed E-state index contributed by atoms with van der Waals surface area (Å²) in [5.74, 6) is -0.808. The molecule has 0 spiro atoms. The number of ether oxygens (including phenoxy) is 2. The lowest BCUT2D eigenvalue weighted by molar-refractivity contribution is -0.139. The van der Waals surface area contributed by atoms with E-state index >= 15 is 0 Å². The molecule has 0 fully saturated rings. The molecule has 2 aromatic rings. The van der Waals surface area contributed by atoms with Crippen LogP contribution in [0.5, 0.6) is 0 Å². The van der Waals surface area contributed by atoms with Gasteiger partial charge < -0.3 is 20.1 Å². The van der Waals surface area contributed by atoms with Gasteiger partial charge >= 0.3 is 5.97 Å². The molecule has 0 aliphatic carbocycles. The van der Waals surface area contributed by atoms with Crippen molar-refractivity contribution in [3.05, 3.63) is 94.1 Å². The van der Waals surface area contributed by atoms with Crippen molar-refractivity contribution in [2.24, 2.45) is 5.73 Å². The number of nitriles is 1. The number of nitrogens with two attached hydrogens (primary N) is 1. The van der Waals surface area contributed by atoms with Gasteiger partial charge in [0.05, 0.1) is 23.6 Å². The highest BCUT2D eigenvalue weighted by Gasteiger charge is 2.38. The Morgan fingerprint density at radius 2 is 1.91 bits per heavy atom. The zero-order valence-corrected chi connectivity index (χ0v) is 20.9. The van der Waals surface area contributed by atoms with Crippen LogP contribution in [0.3, 0.4) is 0 Å². The van der Waals surface area contributed by atoms with Crippen LogP contribution < -0.4 is 10.6 Å². The lowest BCUT2D eigenvalue weighted by Crippen LogP contribution is -2.44. The maximum absolute atomic E-state index is 12.9. The first kappa shape index (κ1) is 24.2. The first-order valence-corrected chi connectivity index (χ1v) is 11.8. The first-order chi connectivity index (χ1) is 16.7. The van der Waals surface area contributed by atoms with E-state index in [2.05, 4.69) is 62.1 Å². The number of allylic oxidation sites excluding steroid dienone is 3. The standard InChI is InChI=1S/C29H31N3O3/c1-6-34-28(33)25-19(3)35-27(31)23(16-30)26(25)21-12-13-24-22(14-21)18(2)15-29(4,5)32(24)17-20-10-8-7-9-11-20/h7-15,26H,6,17,31H2,1-5H3. The van der Waals surface area contributed by atoms with Gasteiger partial charge in [0.1, 0.15) is 17.4 Å². The number of benzene rings is 2. The number of carbonyl (C=O) groups excluding carboxylic acids is 1. The van der Waals surface area contributed by atoms with Crippen molar-refractivity contribution in [3.8, 4) is 6.07 Å². The highest BCUT2D eigenvalue weighted by atomic mass is 16.5. The highest BCUT2D eigenvalue weighted by Crippen LogP contribution is 2.45. The summed E-state index contributed by atoms with van der Waals surface area (Å²) >= 11 is 0. The van der Waals surface area contributed by atoms with Gasteiger partial charge in [0.15, 0.2) is 0 Å². The first-order valence-electron chi connectivity index (χ1n) is 11.8. The van der Waals surface area contributed by atoms with E-state index in [1.165, 1.54) is 5.56 Å². The van der Waals surface area contributed by atoms with Crippen molar-refractivity contribution in [1.82, 2.24) is 0 Å². The molecule has 4 rings (SSSR count). The third-order valence-corrected chi connectivity index (χ3v) is 6.62. The Morgan fingerprint density at radius 3 is 2.57 bits per heavy atom. The molecule has 2 aromatic carbocycles. The number of fused-ring (bicyclic) bond motifs is 1. The Morgan fingerprint density at radius 1 is 1.20 bits per heavy atom. The summed E-state index contributed by atoms with van der Waals surface area (Å²) in [5, 5.41) is 9.91. The lowest BCUT2D eigenvalue weighted by Gasteiger charge is -2.43. The quantitative estimate of drug-likeness (QED) is 0.579. The van der Waals surface area contributed by atoms with Crippen molar-refractivity contribution in [2.75, 3.05) is 11.5 Å². The zero-order valence-electron chi connectivity index (χ0n) is 20.9. The minimum absolute atomic E-state index is 0.0138. The molecule has 2 aliphatic heterocycles. The van der Waals surface area contributed by atoms with Crippen LogP contribution in [-0.2, 0) is 20.8 Å². The number of rotatable bonds is 5. The molecule has 0 aromatic heterocycles. The third kappa shape index (κ3) is 4.42. The van der Waals surface area contributed by atoms with Crippen LogP contribution in [-0.4, -0.2) is 18.1 Å². The molecule has 0 bridgehead atoms. The van der Waals surface area contributed by atoms with E-state index in [1.807, 2.05) is 24.3 Å². The Balaban J connectivity index is 1.84. The summed E-state index contributed by atoms with van der Waals surface area (Å²) in [6, 6.07) is 18.6. The molecule has 2 aliphatic rings. The summed E-state index contributed by atoms with van der Waals surface area (Å²) in [6.45, 7) is 10.9. The van der Waals surface area contributed by atoms with Crippen LogP contribution in [0.25, 0.3) is 5.57 Å². The minimum atomic E-state index is -0.664. The molecule has 180 valence electrons. The van der Waals surface area contributed by atoms with Crippen molar-refractivity contribution >= 4 is 17.2 Å². The molecule has 0 amide bonds. The summed E-state index contributed by atoms with van der Waals surface area (Å²) in [7, 11) is 0. The number of carbonyl (C=O) groups is 1. The molecule has 35 heavy (non-hydrogen) atoms. The fourth-order valence-electron chi connectivity index (χ4n) is 5.02. The molecular formula is C29H31N3O3. The van der Waals surface area contributed by atoms with E-state index in [9.17, 15) is 10.1 Å². The summed E-state index contributed by atoms with van der Waals surface area (Å²) in [6.07, 6.45) is 2.26. The molecule has 6 heteroatoms. The van der Waals surface area contributed by atoms with Crippen molar-refractivity contribution in [1.29, 1.82) is 5.26 Å². The van der Waals surface area contributed by atoms with E-state index in [0.717, 1.165) is 28.9 Å². The van der Waals surface area contributed by atoms with Gasteiger partial charge in [-0.2, -0.15) is 5.26 Å². The predicted octanol–water partition coefficient (Wildman–Crippen LogP) is 5.53. The van der Waals surface area contributed by atoms with Crippen LogP contribution in [0.4, 0.5) is 5.69 Å². The van der Waals surface area contributed by atoms with Crippen LogP contribution >= 0.6 is 0 Å². The van der Waals surface area contributed by atoms with Crippen LogP contribution in [0.15, 0.2) is 77.4 Å². The van der Waals surface area contributed by atoms with E-state index in [0.29, 0.717) is 11.3 Å². The summed E-state index contributed by atoms with van der Waals surface area (Å²) in [4.78, 5) is 15.3. The number of nitrogens with zero attached hydrogens (tertiary/aromatic N) is 2. The summed E-state index contributed by atoms with van der Waals surface area (Å²) in [5.41, 5.74) is 11.7. The van der Waals surface area contributed by atoms with Gasteiger partial charge in [0, 0.05) is 17.8 Å². The van der Waals surface area contributed by atoms with Crippen LogP contribution in [0.2, 0.25) is 0 Å². The van der Waals surface area contributed by atoms with E-state index < -0.39 is 11.9 Å². The van der Waals surface area contributed by atoms with E-state index in [-0.39, 0.29) is 23.6 Å².